The number of hydrogen-bond donors (Lipinski definition) is 0. The molecule has 0 spiro atoms. The molecule has 9 aromatic rings. The number of nitrogens with zero attached hydrogens (tertiary/aromatic N) is 4. The Kier molecular flexibility index (Phi) is 8.54. The maximum absolute atomic E-state index is 10.2. The number of allylic oxidation sites excluding steroid dienone is 1. The Labute approximate surface area is 332 Å². The maximum atomic E-state index is 10.2. The topological polar surface area (TPSA) is 62.5 Å². The average Bonchev–Trinajstić information content (AvgIpc) is 3.29. The van der Waals surface area contributed by atoms with Gasteiger partial charge in [0.1, 0.15) is 0 Å². The molecule has 1 aliphatic rings. The van der Waals surface area contributed by atoms with Gasteiger partial charge in [0.15, 0.2) is 17.5 Å². The van der Waals surface area contributed by atoms with Crippen LogP contribution in [0.2, 0.25) is 0 Å². The highest BCUT2D eigenvalue weighted by Crippen LogP contribution is 2.45. The lowest BCUT2D eigenvalue weighted by atomic mass is 9.72. The van der Waals surface area contributed by atoms with Crippen molar-refractivity contribution in [2.45, 2.75) is 12.8 Å². The minimum atomic E-state index is 0.144. The SMILES string of the molecule is CC1C=C(c2cc(C#N)cc(-c3ccc4c(ccc5ccccc54)c3)c2)c2ccccc2C1c1ccc(-c2nc(-c3ccccc3)nc(-c3ccccc3)n2)cc1. The van der Waals surface area contributed by atoms with E-state index in [0.29, 0.717) is 23.0 Å². The van der Waals surface area contributed by atoms with E-state index in [-0.39, 0.29) is 11.8 Å². The summed E-state index contributed by atoms with van der Waals surface area (Å²) >= 11 is 0. The molecule has 1 heterocycles. The predicted molar refractivity (Wildman–Crippen MR) is 232 cm³/mol. The van der Waals surface area contributed by atoms with Crippen LogP contribution in [0.1, 0.15) is 40.7 Å². The molecule has 2 unspecified atom stereocenters. The molecule has 8 aromatic carbocycles. The number of benzene rings is 8. The Balaban J connectivity index is 1.01. The van der Waals surface area contributed by atoms with Crippen LogP contribution >= 0.6 is 0 Å². The predicted octanol–water partition coefficient (Wildman–Crippen LogP) is 12.9. The molecule has 1 aromatic heterocycles. The highest BCUT2D eigenvalue weighted by molar-refractivity contribution is 6.08. The second-order valence-corrected chi connectivity index (χ2v) is 14.8. The quantitative estimate of drug-likeness (QED) is 0.160. The van der Waals surface area contributed by atoms with Gasteiger partial charge in [0.2, 0.25) is 0 Å². The molecule has 0 fully saturated rings. The zero-order valence-corrected chi connectivity index (χ0v) is 31.3. The fourth-order valence-corrected chi connectivity index (χ4v) is 8.46. The second kappa shape index (κ2) is 14.3. The molecule has 4 nitrogen and oxygen atoms in total. The van der Waals surface area contributed by atoms with Crippen molar-refractivity contribution in [1.29, 1.82) is 5.26 Å². The lowest BCUT2D eigenvalue weighted by molar-refractivity contribution is 0.616. The molecule has 1 aliphatic carbocycles. The highest BCUT2D eigenvalue weighted by Gasteiger charge is 2.29. The van der Waals surface area contributed by atoms with E-state index in [1.54, 1.807) is 0 Å². The van der Waals surface area contributed by atoms with Crippen LogP contribution in [0.4, 0.5) is 0 Å². The van der Waals surface area contributed by atoms with E-state index in [1.165, 1.54) is 38.2 Å². The first-order valence-electron chi connectivity index (χ1n) is 19.4. The van der Waals surface area contributed by atoms with Crippen molar-refractivity contribution in [3.63, 3.8) is 0 Å². The molecule has 0 aliphatic heterocycles. The molecule has 0 saturated heterocycles. The molecule has 0 radical (unpaired) electrons. The van der Waals surface area contributed by atoms with Crippen LogP contribution in [-0.4, -0.2) is 15.0 Å². The first kappa shape index (κ1) is 34.0. The summed E-state index contributed by atoms with van der Waals surface area (Å²) < 4.78 is 0. The van der Waals surface area contributed by atoms with Crippen LogP contribution in [0.3, 0.4) is 0 Å². The molecule has 57 heavy (non-hydrogen) atoms. The number of hydrogen-bond acceptors (Lipinski definition) is 4. The average molecular weight is 729 g/mol. The minimum absolute atomic E-state index is 0.144. The van der Waals surface area contributed by atoms with Crippen molar-refractivity contribution in [3.05, 3.63) is 216 Å². The normalized spacial score (nSPS) is 14.8. The van der Waals surface area contributed by atoms with Crippen molar-refractivity contribution in [2.75, 3.05) is 0 Å². The van der Waals surface area contributed by atoms with Crippen LogP contribution in [0.25, 0.3) is 72.4 Å². The highest BCUT2D eigenvalue weighted by atomic mass is 15.0. The van der Waals surface area contributed by atoms with Crippen molar-refractivity contribution < 1.29 is 0 Å². The van der Waals surface area contributed by atoms with E-state index in [2.05, 4.69) is 128 Å². The number of aromatic nitrogens is 3. The molecule has 0 N–H and O–H groups in total. The summed E-state index contributed by atoms with van der Waals surface area (Å²) in [6, 6.07) is 65.8. The molecule has 268 valence electrons. The van der Waals surface area contributed by atoms with Gasteiger partial charge < -0.3 is 0 Å². The molecule has 0 amide bonds. The van der Waals surface area contributed by atoms with Gasteiger partial charge in [-0.15, -0.1) is 0 Å². The maximum Gasteiger partial charge on any atom is 0.164 e. The minimum Gasteiger partial charge on any atom is -0.208 e. The fraction of sp³-hybridized carbons (Fsp3) is 0.0566. The largest absolute Gasteiger partial charge is 0.208 e. The van der Waals surface area contributed by atoms with Gasteiger partial charge >= 0.3 is 0 Å². The third-order valence-electron chi connectivity index (χ3n) is 11.2. The van der Waals surface area contributed by atoms with Crippen LogP contribution in [0, 0.1) is 17.2 Å². The Bertz CT molecular complexity index is 2980. The summed E-state index contributed by atoms with van der Waals surface area (Å²) in [4.78, 5) is 14.8. The van der Waals surface area contributed by atoms with E-state index in [4.69, 9.17) is 15.0 Å². The Morgan fingerprint density at radius 2 is 1.02 bits per heavy atom. The van der Waals surface area contributed by atoms with Crippen LogP contribution in [-0.2, 0) is 0 Å². The van der Waals surface area contributed by atoms with Gasteiger partial charge in [-0.3, -0.25) is 0 Å². The zero-order valence-electron chi connectivity index (χ0n) is 31.3. The van der Waals surface area contributed by atoms with Crippen LogP contribution < -0.4 is 0 Å². The van der Waals surface area contributed by atoms with Crippen molar-refractivity contribution in [2.24, 2.45) is 5.92 Å². The summed E-state index contributed by atoms with van der Waals surface area (Å²) in [5, 5.41) is 15.1. The first-order chi connectivity index (χ1) is 28.1. The number of nitriles is 1. The fourth-order valence-electron chi connectivity index (χ4n) is 8.46. The summed E-state index contributed by atoms with van der Waals surface area (Å²) in [5.41, 5.74) is 11.5. The van der Waals surface area contributed by atoms with E-state index < -0.39 is 0 Å². The van der Waals surface area contributed by atoms with Crippen LogP contribution in [0.5, 0.6) is 0 Å². The molecular weight excluding hydrogens is 693 g/mol. The van der Waals surface area contributed by atoms with Gasteiger partial charge in [-0.05, 0) is 90.7 Å². The zero-order chi connectivity index (χ0) is 38.3. The smallest absolute Gasteiger partial charge is 0.164 e. The van der Waals surface area contributed by atoms with Crippen molar-refractivity contribution in [3.8, 4) is 51.4 Å². The van der Waals surface area contributed by atoms with E-state index in [9.17, 15) is 5.26 Å². The van der Waals surface area contributed by atoms with Gasteiger partial charge in [-0.1, -0.05) is 171 Å². The van der Waals surface area contributed by atoms with E-state index in [1.807, 2.05) is 72.8 Å². The van der Waals surface area contributed by atoms with E-state index >= 15 is 0 Å². The molecular formula is C53H36N4. The molecule has 0 saturated carbocycles. The van der Waals surface area contributed by atoms with Gasteiger partial charge in [-0.25, -0.2) is 15.0 Å². The Morgan fingerprint density at radius 1 is 0.456 bits per heavy atom. The molecule has 0 bridgehead atoms. The summed E-state index contributed by atoms with van der Waals surface area (Å²) in [6.07, 6.45) is 2.39. The second-order valence-electron chi connectivity index (χ2n) is 14.8. The van der Waals surface area contributed by atoms with Gasteiger partial charge in [-0.2, -0.15) is 5.26 Å². The summed E-state index contributed by atoms with van der Waals surface area (Å²) in [5.74, 6) is 2.27. The standard InChI is InChI=1S/C53H36N4/c1-34-28-49(44-30-35(33-54)29-43(32-44)41-26-27-46-42(31-41)25-20-36-12-8-9-17-45(36)46)47-18-10-11-19-48(47)50(34)37-21-23-40(24-22-37)53-56-51(38-13-4-2-5-14-38)55-52(57-53)39-15-6-3-7-16-39/h2-32,34,50H,1H3. The summed E-state index contributed by atoms with van der Waals surface area (Å²) in [7, 11) is 0. The molecule has 10 rings (SSSR count). The monoisotopic (exact) mass is 728 g/mol. The van der Waals surface area contributed by atoms with Gasteiger partial charge in [0.05, 0.1) is 11.6 Å². The summed E-state index contributed by atoms with van der Waals surface area (Å²) in [6.45, 7) is 2.29. The van der Waals surface area contributed by atoms with Crippen LogP contribution in [0.15, 0.2) is 188 Å². The Morgan fingerprint density at radius 3 is 1.72 bits per heavy atom. The Hall–Kier alpha value is -7.48. The first-order valence-corrected chi connectivity index (χ1v) is 19.4. The third-order valence-corrected chi connectivity index (χ3v) is 11.2. The van der Waals surface area contributed by atoms with Crippen molar-refractivity contribution in [1.82, 2.24) is 15.0 Å². The van der Waals surface area contributed by atoms with Gasteiger partial charge in [0.25, 0.3) is 0 Å². The van der Waals surface area contributed by atoms with E-state index in [0.717, 1.165) is 39.0 Å². The number of rotatable bonds is 6. The third kappa shape index (κ3) is 6.36. The van der Waals surface area contributed by atoms with Crippen molar-refractivity contribution >= 4 is 27.1 Å². The lowest BCUT2D eigenvalue weighted by Crippen LogP contribution is -2.17. The lowest BCUT2D eigenvalue weighted by Gasteiger charge is -2.31. The molecule has 4 heteroatoms. The molecule has 2 atom stereocenters. The number of fused-ring (bicyclic) bond motifs is 4. The van der Waals surface area contributed by atoms with Gasteiger partial charge in [0, 0.05) is 22.6 Å².